The van der Waals surface area contributed by atoms with Crippen molar-refractivity contribution in [2.45, 2.75) is 26.1 Å². The number of ether oxygens (including phenoxy) is 1. The highest BCUT2D eigenvalue weighted by Gasteiger charge is 2.23. The van der Waals surface area contributed by atoms with Gasteiger partial charge in [-0.05, 0) is 13.8 Å². The van der Waals surface area contributed by atoms with Gasteiger partial charge < -0.3 is 9.57 Å². The Balaban J connectivity index is 2.59. The normalized spacial score (nSPS) is 13.9. The van der Waals surface area contributed by atoms with E-state index in [0.29, 0.717) is 0 Å². The van der Waals surface area contributed by atoms with Gasteiger partial charge in [-0.1, -0.05) is 0 Å². The Labute approximate surface area is 101 Å². The molecule has 2 atom stereocenters. The van der Waals surface area contributed by atoms with Crippen molar-refractivity contribution in [3.63, 3.8) is 0 Å². The van der Waals surface area contributed by atoms with Crippen LogP contribution in [-0.2, 0) is 9.57 Å². The van der Waals surface area contributed by atoms with Crippen LogP contribution in [0.1, 0.15) is 25.6 Å². The number of hydrogen-bond donors (Lipinski definition) is 1. The van der Waals surface area contributed by atoms with Crippen LogP contribution in [0.15, 0.2) is 6.20 Å². The van der Waals surface area contributed by atoms with Gasteiger partial charge >= 0.3 is 5.69 Å². The predicted molar refractivity (Wildman–Crippen MR) is 57.2 cm³/mol. The summed E-state index contributed by atoms with van der Waals surface area (Å²) >= 11 is 0. The van der Waals surface area contributed by atoms with E-state index in [1.165, 1.54) is 0 Å². The molecule has 0 aromatic carbocycles. The van der Waals surface area contributed by atoms with Crippen molar-refractivity contribution in [1.82, 2.24) is 10.2 Å². The van der Waals surface area contributed by atoms with Crippen LogP contribution in [0.3, 0.4) is 0 Å². The zero-order valence-corrected chi connectivity index (χ0v) is 9.73. The van der Waals surface area contributed by atoms with Gasteiger partial charge in [-0.15, -0.1) is 10.1 Å². The van der Waals surface area contributed by atoms with E-state index in [9.17, 15) is 20.2 Å². The molecule has 0 aliphatic carbocycles. The lowest BCUT2D eigenvalue weighted by molar-refractivity contribution is -0.759. The third-order valence-electron chi connectivity index (χ3n) is 2.10. The lowest BCUT2D eigenvalue weighted by Gasteiger charge is -2.16. The van der Waals surface area contributed by atoms with Gasteiger partial charge in [0.1, 0.15) is 24.6 Å². The zero-order chi connectivity index (χ0) is 13.7. The van der Waals surface area contributed by atoms with Crippen molar-refractivity contribution >= 4 is 5.69 Å². The van der Waals surface area contributed by atoms with Crippen LogP contribution in [-0.4, -0.2) is 32.9 Å². The highest BCUT2D eigenvalue weighted by molar-refractivity contribution is 5.33. The zero-order valence-electron chi connectivity index (χ0n) is 9.73. The molecule has 1 aromatic rings. The van der Waals surface area contributed by atoms with E-state index >= 15 is 0 Å². The first-order valence-electron chi connectivity index (χ1n) is 5.02. The fourth-order valence-electron chi connectivity index (χ4n) is 1.36. The van der Waals surface area contributed by atoms with Crippen LogP contribution in [0.4, 0.5) is 5.69 Å². The molecule has 0 aliphatic rings. The monoisotopic (exact) mass is 260 g/mol. The molecule has 18 heavy (non-hydrogen) atoms. The van der Waals surface area contributed by atoms with Crippen LogP contribution >= 0.6 is 0 Å². The molecule has 0 spiro atoms. The van der Waals surface area contributed by atoms with Crippen molar-refractivity contribution in [3.05, 3.63) is 32.1 Å². The second-order valence-corrected chi connectivity index (χ2v) is 3.53. The summed E-state index contributed by atoms with van der Waals surface area (Å²) in [5.74, 6) is 0. The summed E-state index contributed by atoms with van der Waals surface area (Å²) in [6.45, 7) is 2.88. The summed E-state index contributed by atoms with van der Waals surface area (Å²) in [4.78, 5) is 24.2. The van der Waals surface area contributed by atoms with Crippen molar-refractivity contribution in [2.24, 2.45) is 0 Å². The highest BCUT2D eigenvalue weighted by Crippen LogP contribution is 2.25. The number of H-pyrrole nitrogens is 1. The molecule has 0 fully saturated rings. The van der Waals surface area contributed by atoms with Crippen LogP contribution in [0.25, 0.3) is 0 Å². The van der Waals surface area contributed by atoms with Crippen molar-refractivity contribution < 1.29 is 19.6 Å². The Bertz CT molecular complexity index is 433. The number of aromatic nitrogens is 2. The first-order valence-corrected chi connectivity index (χ1v) is 5.02. The van der Waals surface area contributed by atoms with Crippen molar-refractivity contribution in [1.29, 1.82) is 0 Å². The van der Waals surface area contributed by atoms with Crippen molar-refractivity contribution in [3.8, 4) is 0 Å². The minimum atomic E-state index is -0.927. The maximum absolute atomic E-state index is 10.7. The summed E-state index contributed by atoms with van der Waals surface area (Å²) in [5.41, 5.74) is 0.0119. The molecular formula is C8H12N4O6. The third-order valence-corrected chi connectivity index (χ3v) is 2.10. The fourth-order valence-corrected chi connectivity index (χ4v) is 1.36. The molecule has 0 saturated heterocycles. The lowest BCUT2D eigenvalue weighted by Crippen LogP contribution is -2.20. The van der Waals surface area contributed by atoms with Gasteiger partial charge in [-0.25, -0.2) is 0 Å². The minimum Gasteiger partial charge on any atom is -0.367 e. The summed E-state index contributed by atoms with van der Waals surface area (Å²) in [7, 11) is 0. The molecule has 10 nitrogen and oxygen atoms in total. The fraction of sp³-hybridized carbons (Fsp3) is 0.625. The Kier molecular flexibility index (Phi) is 4.54. The van der Waals surface area contributed by atoms with E-state index in [4.69, 9.17) is 4.74 Å². The molecule has 10 heteroatoms. The van der Waals surface area contributed by atoms with E-state index < -0.39 is 22.2 Å². The number of nitrogens with one attached hydrogen (secondary N) is 1. The van der Waals surface area contributed by atoms with Crippen LogP contribution in [0.2, 0.25) is 0 Å². The second-order valence-electron chi connectivity index (χ2n) is 3.53. The first-order chi connectivity index (χ1) is 8.41. The molecule has 1 N–H and O–H groups in total. The summed E-state index contributed by atoms with van der Waals surface area (Å²) < 4.78 is 5.33. The van der Waals surface area contributed by atoms with Crippen LogP contribution < -0.4 is 0 Å². The van der Waals surface area contributed by atoms with Crippen molar-refractivity contribution in [2.75, 3.05) is 6.61 Å². The number of nitrogens with zero attached hydrogens (tertiary/aromatic N) is 3. The topological polar surface area (TPSA) is 133 Å². The molecule has 0 amide bonds. The minimum absolute atomic E-state index is 0.190. The molecular weight excluding hydrogens is 248 g/mol. The summed E-state index contributed by atoms with van der Waals surface area (Å²) in [6, 6.07) is 0. The van der Waals surface area contributed by atoms with Gasteiger partial charge in [0.15, 0.2) is 0 Å². The molecule has 1 rings (SSSR count). The average Bonchev–Trinajstić information content (AvgIpc) is 2.75. The maximum Gasteiger partial charge on any atom is 0.312 e. The summed E-state index contributed by atoms with van der Waals surface area (Å²) in [5, 5.41) is 25.7. The Morgan fingerprint density at radius 3 is 2.67 bits per heavy atom. The number of hydrogen-bond acceptors (Lipinski definition) is 7. The lowest BCUT2D eigenvalue weighted by atomic mass is 10.2. The first kappa shape index (κ1) is 13.8. The van der Waals surface area contributed by atoms with Gasteiger partial charge in [-0.3, -0.25) is 15.2 Å². The quantitative estimate of drug-likeness (QED) is 0.570. The van der Waals surface area contributed by atoms with E-state index in [-0.39, 0.29) is 18.0 Å². The standard InChI is InChI=1S/C8H12N4O6/c1-5(4-17-12(15)16)18-6(2)8-7(11(13)14)3-9-10-8/h3,5-6H,4H2,1-2H3,(H,9,10). The SMILES string of the molecule is CC(CO[N+](=O)[O-])OC(C)c1[nH]ncc1[N+](=O)[O-]. The largest absolute Gasteiger partial charge is 0.367 e. The molecule has 1 aromatic heterocycles. The molecule has 0 aliphatic heterocycles. The number of nitro groups is 1. The van der Waals surface area contributed by atoms with Gasteiger partial charge in [0.25, 0.3) is 5.09 Å². The second kappa shape index (κ2) is 5.91. The Morgan fingerprint density at radius 2 is 2.11 bits per heavy atom. The molecule has 0 saturated carbocycles. The molecule has 100 valence electrons. The maximum atomic E-state index is 10.7. The van der Waals surface area contributed by atoms with E-state index in [1.54, 1.807) is 13.8 Å². The predicted octanol–water partition coefficient (Wildman–Crippen LogP) is 0.992. The Morgan fingerprint density at radius 1 is 1.44 bits per heavy atom. The molecule has 2 unspecified atom stereocenters. The van der Waals surface area contributed by atoms with E-state index in [1.807, 2.05) is 0 Å². The van der Waals surface area contributed by atoms with Gasteiger partial charge in [-0.2, -0.15) is 5.10 Å². The van der Waals surface area contributed by atoms with Gasteiger partial charge in [0, 0.05) is 0 Å². The van der Waals surface area contributed by atoms with Gasteiger partial charge in [0.2, 0.25) is 0 Å². The summed E-state index contributed by atoms with van der Waals surface area (Å²) in [6.07, 6.45) is -0.167. The molecule has 0 radical (unpaired) electrons. The third kappa shape index (κ3) is 3.66. The number of aromatic amines is 1. The Hall–Kier alpha value is -2.23. The van der Waals surface area contributed by atoms with E-state index in [2.05, 4.69) is 15.0 Å². The van der Waals surface area contributed by atoms with Crippen LogP contribution in [0, 0.1) is 20.2 Å². The van der Waals surface area contributed by atoms with Gasteiger partial charge in [0.05, 0.1) is 11.0 Å². The molecule has 0 bridgehead atoms. The highest BCUT2D eigenvalue weighted by atomic mass is 17.0. The smallest absolute Gasteiger partial charge is 0.312 e. The van der Waals surface area contributed by atoms with E-state index in [0.717, 1.165) is 6.20 Å². The number of rotatable bonds is 7. The average molecular weight is 260 g/mol. The van der Waals surface area contributed by atoms with Crippen LogP contribution in [0.5, 0.6) is 0 Å². The molecule has 1 heterocycles.